The van der Waals surface area contributed by atoms with Crippen LogP contribution >= 0.6 is 23.1 Å². The molecule has 0 spiro atoms. The minimum Gasteiger partial charge on any atom is -0.477 e. The quantitative estimate of drug-likeness (QED) is 0.760. The largest absolute Gasteiger partial charge is 0.477 e. The van der Waals surface area contributed by atoms with E-state index in [2.05, 4.69) is 15.0 Å². The summed E-state index contributed by atoms with van der Waals surface area (Å²) in [6, 6.07) is 0. The molecule has 0 aliphatic carbocycles. The number of ether oxygens (including phenoxy) is 2. The number of hydrogen-bond acceptors (Lipinski definition) is 7. The Balaban J connectivity index is 2.43. The van der Waals surface area contributed by atoms with Crippen molar-refractivity contribution >= 4 is 33.4 Å². The lowest BCUT2D eigenvalue weighted by Gasteiger charge is -2.05. The molecule has 0 aromatic carbocycles. The molecule has 0 saturated heterocycles. The van der Waals surface area contributed by atoms with Gasteiger partial charge >= 0.3 is 0 Å². The van der Waals surface area contributed by atoms with E-state index in [1.807, 2.05) is 13.2 Å². The van der Waals surface area contributed by atoms with Gasteiger partial charge in [0.25, 0.3) is 0 Å². The van der Waals surface area contributed by atoms with Gasteiger partial charge in [0.1, 0.15) is 10.5 Å². The summed E-state index contributed by atoms with van der Waals surface area (Å²) in [5, 5.41) is 0. The van der Waals surface area contributed by atoms with Crippen molar-refractivity contribution < 1.29 is 9.47 Å². The lowest BCUT2D eigenvalue weighted by molar-refractivity contribution is 0.200. The SMILES string of the molecule is CCOc1nc(CCOC)nc2nc(SC)sc12. The maximum atomic E-state index is 5.57. The number of hydrogen-bond donors (Lipinski definition) is 0. The van der Waals surface area contributed by atoms with Gasteiger partial charge in [0, 0.05) is 13.5 Å². The van der Waals surface area contributed by atoms with Crippen molar-refractivity contribution in [2.24, 2.45) is 0 Å². The molecule has 98 valence electrons. The number of nitrogens with zero attached hydrogens (tertiary/aromatic N) is 3. The van der Waals surface area contributed by atoms with Crippen LogP contribution < -0.4 is 4.74 Å². The summed E-state index contributed by atoms with van der Waals surface area (Å²) in [5.41, 5.74) is 0.717. The molecule has 2 aromatic rings. The van der Waals surface area contributed by atoms with E-state index in [-0.39, 0.29) is 0 Å². The van der Waals surface area contributed by atoms with E-state index >= 15 is 0 Å². The molecule has 0 radical (unpaired) electrons. The Morgan fingerprint density at radius 2 is 2.11 bits per heavy atom. The number of rotatable bonds is 6. The lowest BCUT2D eigenvalue weighted by Crippen LogP contribution is -2.04. The maximum Gasteiger partial charge on any atom is 0.236 e. The predicted molar refractivity (Wildman–Crippen MR) is 73.7 cm³/mol. The molecule has 0 atom stereocenters. The van der Waals surface area contributed by atoms with Crippen molar-refractivity contribution in [2.45, 2.75) is 17.7 Å². The van der Waals surface area contributed by atoms with Crippen LogP contribution in [0.2, 0.25) is 0 Å². The van der Waals surface area contributed by atoms with Gasteiger partial charge in [-0.1, -0.05) is 11.8 Å². The summed E-state index contributed by atoms with van der Waals surface area (Å²) in [4.78, 5) is 13.3. The second-order valence-electron chi connectivity index (χ2n) is 3.46. The smallest absolute Gasteiger partial charge is 0.236 e. The molecule has 0 N–H and O–H groups in total. The van der Waals surface area contributed by atoms with E-state index in [1.54, 1.807) is 30.2 Å². The molecular weight excluding hydrogens is 270 g/mol. The highest BCUT2D eigenvalue weighted by Gasteiger charge is 2.13. The van der Waals surface area contributed by atoms with Gasteiger partial charge in [-0.15, -0.1) is 11.3 Å². The Labute approximate surface area is 114 Å². The van der Waals surface area contributed by atoms with Crippen molar-refractivity contribution in [3.8, 4) is 5.88 Å². The van der Waals surface area contributed by atoms with E-state index in [1.165, 1.54) is 0 Å². The summed E-state index contributed by atoms with van der Waals surface area (Å²) in [6.07, 6.45) is 2.66. The van der Waals surface area contributed by atoms with Gasteiger partial charge in [-0.2, -0.15) is 4.98 Å². The fourth-order valence-electron chi connectivity index (χ4n) is 1.45. The standard InChI is InChI=1S/C11H15N3O2S2/c1-4-16-10-8-9(14-11(17-3)18-8)12-7(13-10)5-6-15-2/h4-6H2,1-3H3. The van der Waals surface area contributed by atoms with E-state index in [4.69, 9.17) is 9.47 Å². The Bertz CT molecular complexity index is 530. The average molecular weight is 285 g/mol. The van der Waals surface area contributed by atoms with Crippen LogP contribution in [0.3, 0.4) is 0 Å². The van der Waals surface area contributed by atoms with Gasteiger partial charge in [0.15, 0.2) is 9.99 Å². The Hall–Kier alpha value is -0.920. The second kappa shape index (κ2) is 6.31. The van der Waals surface area contributed by atoms with Crippen LogP contribution in [0.1, 0.15) is 12.7 Å². The van der Waals surface area contributed by atoms with Crippen LogP contribution in [-0.2, 0) is 11.2 Å². The van der Waals surface area contributed by atoms with E-state index in [0.29, 0.717) is 37.0 Å². The molecule has 18 heavy (non-hydrogen) atoms. The van der Waals surface area contributed by atoms with Crippen molar-refractivity contribution in [3.05, 3.63) is 5.82 Å². The first kappa shape index (κ1) is 13.5. The van der Waals surface area contributed by atoms with Crippen LogP contribution in [-0.4, -0.2) is 41.5 Å². The predicted octanol–water partition coefficient (Wildman–Crippen LogP) is 2.40. The fraction of sp³-hybridized carbons (Fsp3) is 0.545. The zero-order valence-electron chi connectivity index (χ0n) is 10.6. The monoisotopic (exact) mass is 285 g/mol. The van der Waals surface area contributed by atoms with Crippen molar-refractivity contribution in [1.82, 2.24) is 15.0 Å². The number of methoxy groups -OCH3 is 1. The van der Waals surface area contributed by atoms with Gasteiger partial charge < -0.3 is 9.47 Å². The first-order valence-corrected chi connectivity index (χ1v) is 7.65. The van der Waals surface area contributed by atoms with Crippen molar-refractivity contribution in [3.63, 3.8) is 0 Å². The summed E-state index contributed by atoms with van der Waals surface area (Å²) < 4.78 is 12.5. The molecule has 0 aliphatic heterocycles. The molecule has 2 heterocycles. The highest BCUT2D eigenvalue weighted by molar-refractivity contribution is 8.00. The van der Waals surface area contributed by atoms with Gasteiger partial charge in [0.2, 0.25) is 5.88 Å². The zero-order valence-corrected chi connectivity index (χ0v) is 12.2. The van der Waals surface area contributed by atoms with Gasteiger partial charge in [-0.05, 0) is 13.2 Å². The number of thioether (sulfide) groups is 1. The highest BCUT2D eigenvalue weighted by Crippen LogP contribution is 2.32. The van der Waals surface area contributed by atoms with Crippen LogP contribution in [0.4, 0.5) is 0 Å². The van der Waals surface area contributed by atoms with Crippen LogP contribution in [0.25, 0.3) is 10.3 Å². The Kier molecular flexibility index (Phi) is 4.73. The molecular formula is C11H15N3O2S2. The molecule has 0 bridgehead atoms. The normalized spacial score (nSPS) is 11.1. The Morgan fingerprint density at radius 3 is 2.78 bits per heavy atom. The van der Waals surface area contributed by atoms with Gasteiger partial charge in [-0.25, -0.2) is 9.97 Å². The topological polar surface area (TPSA) is 57.1 Å². The van der Waals surface area contributed by atoms with Crippen LogP contribution in [0.5, 0.6) is 5.88 Å². The molecule has 5 nitrogen and oxygen atoms in total. The average Bonchev–Trinajstić information content (AvgIpc) is 2.80. The summed E-state index contributed by atoms with van der Waals surface area (Å²) >= 11 is 3.17. The van der Waals surface area contributed by atoms with Gasteiger partial charge in [0.05, 0.1) is 13.2 Å². The number of fused-ring (bicyclic) bond motifs is 1. The fourth-order valence-corrected chi connectivity index (χ4v) is 2.89. The summed E-state index contributed by atoms with van der Waals surface area (Å²) in [5.74, 6) is 1.34. The second-order valence-corrected chi connectivity index (χ2v) is 5.51. The third-order valence-corrected chi connectivity index (χ3v) is 4.25. The maximum absolute atomic E-state index is 5.57. The third kappa shape index (κ3) is 2.90. The van der Waals surface area contributed by atoms with Crippen molar-refractivity contribution in [2.75, 3.05) is 26.6 Å². The number of thiazole rings is 1. The zero-order chi connectivity index (χ0) is 13.0. The van der Waals surface area contributed by atoms with Crippen LogP contribution in [0.15, 0.2) is 4.34 Å². The summed E-state index contributed by atoms with van der Waals surface area (Å²) in [6.45, 7) is 3.12. The van der Waals surface area contributed by atoms with Gasteiger partial charge in [-0.3, -0.25) is 0 Å². The molecule has 7 heteroatoms. The molecule has 0 fully saturated rings. The summed E-state index contributed by atoms with van der Waals surface area (Å²) in [7, 11) is 1.66. The molecule has 2 rings (SSSR count). The highest BCUT2D eigenvalue weighted by atomic mass is 32.2. The first-order chi connectivity index (χ1) is 8.78. The van der Waals surface area contributed by atoms with E-state index in [9.17, 15) is 0 Å². The Morgan fingerprint density at radius 1 is 1.28 bits per heavy atom. The van der Waals surface area contributed by atoms with E-state index < -0.39 is 0 Å². The molecule has 2 aromatic heterocycles. The lowest BCUT2D eigenvalue weighted by atomic mass is 10.4. The molecule has 0 aliphatic rings. The third-order valence-electron chi connectivity index (χ3n) is 2.23. The van der Waals surface area contributed by atoms with E-state index in [0.717, 1.165) is 9.04 Å². The number of aromatic nitrogens is 3. The molecule has 0 amide bonds. The minimum atomic E-state index is 0.586. The van der Waals surface area contributed by atoms with Crippen LogP contribution in [0, 0.1) is 0 Å². The minimum absolute atomic E-state index is 0.586. The molecule has 0 saturated carbocycles. The molecule has 0 unspecified atom stereocenters. The first-order valence-electron chi connectivity index (χ1n) is 5.61. The van der Waals surface area contributed by atoms with Crippen molar-refractivity contribution in [1.29, 1.82) is 0 Å².